The first-order valence-electron chi connectivity index (χ1n) is 12.8. The maximum atomic E-state index is 11.7. The van der Waals surface area contributed by atoms with Crippen LogP contribution in [0.5, 0.6) is 0 Å². The van der Waals surface area contributed by atoms with Gasteiger partial charge in [0.05, 0.1) is 19.5 Å². The number of ether oxygens (including phenoxy) is 5. The Morgan fingerprint density at radius 1 is 0.636 bits per heavy atom. The van der Waals surface area contributed by atoms with Crippen LogP contribution in [0.25, 0.3) is 0 Å². The fourth-order valence-corrected chi connectivity index (χ4v) is 3.96. The molecule has 33 heavy (non-hydrogen) atoms. The number of hydrogen-bond acceptors (Lipinski definition) is 8. The highest BCUT2D eigenvalue weighted by Crippen LogP contribution is 2.30. The van der Waals surface area contributed by atoms with E-state index in [9.17, 15) is 8.42 Å². The zero-order valence-corrected chi connectivity index (χ0v) is 22.3. The molecule has 1 fully saturated rings. The summed E-state index contributed by atoms with van der Waals surface area (Å²) in [5, 5.41) is 0. The maximum Gasteiger partial charge on any atom is 0.264 e. The van der Waals surface area contributed by atoms with E-state index in [-0.39, 0.29) is 12.7 Å². The Morgan fingerprint density at radius 2 is 1.06 bits per heavy atom. The summed E-state index contributed by atoms with van der Waals surface area (Å²) in [5.41, 5.74) is 0. The van der Waals surface area contributed by atoms with E-state index in [1.54, 1.807) is 0 Å². The first-order chi connectivity index (χ1) is 15.9. The molecule has 198 valence electrons. The first kappa shape index (κ1) is 30.7. The Morgan fingerprint density at radius 3 is 1.52 bits per heavy atom. The Labute approximate surface area is 202 Å². The van der Waals surface area contributed by atoms with E-state index < -0.39 is 34.5 Å². The normalized spacial score (nSPS) is 26.0. The average Bonchev–Trinajstić information content (AvgIpc) is 2.77. The fourth-order valence-electron chi connectivity index (χ4n) is 3.58. The van der Waals surface area contributed by atoms with Crippen LogP contribution in [0.15, 0.2) is 0 Å². The topological polar surface area (TPSA) is 89.5 Å². The minimum Gasteiger partial charge on any atom is -0.379 e. The van der Waals surface area contributed by atoms with Crippen LogP contribution in [0.4, 0.5) is 0 Å². The van der Waals surface area contributed by atoms with E-state index in [4.69, 9.17) is 27.9 Å². The van der Waals surface area contributed by atoms with Crippen LogP contribution in [0.2, 0.25) is 0 Å². The monoisotopic (exact) mass is 496 g/mol. The van der Waals surface area contributed by atoms with Crippen LogP contribution in [-0.4, -0.2) is 84.8 Å². The van der Waals surface area contributed by atoms with Crippen LogP contribution in [0, 0.1) is 0 Å². The van der Waals surface area contributed by atoms with Gasteiger partial charge >= 0.3 is 0 Å². The average molecular weight is 497 g/mol. The standard InChI is InChI=1S/C24H48O8S/c1-6-10-14-27-18-20-22(28-15-11-7-2)24(30-17-13-9-4)23(29-16-12-8-3)21(32-20)19-31-33(5,25)26/h20-24H,6-19H2,1-5H3/t20-,21-,22-,23-,24+/m1/s1. The van der Waals surface area contributed by atoms with Gasteiger partial charge in [0, 0.05) is 26.4 Å². The zero-order valence-electron chi connectivity index (χ0n) is 21.5. The highest BCUT2D eigenvalue weighted by atomic mass is 32.2. The molecule has 0 unspecified atom stereocenters. The second kappa shape index (κ2) is 18.0. The molecule has 1 heterocycles. The van der Waals surface area contributed by atoms with Crippen molar-refractivity contribution in [1.29, 1.82) is 0 Å². The molecular formula is C24H48O8S. The summed E-state index contributed by atoms with van der Waals surface area (Å²) in [7, 11) is -3.62. The predicted molar refractivity (Wildman–Crippen MR) is 129 cm³/mol. The van der Waals surface area contributed by atoms with Gasteiger partial charge in [0.25, 0.3) is 10.1 Å². The molecule has 9 heteroatoms. The summed E-state index contributed by atoms with van der Waals surface area (Å²) >= 11 is 0. The smallest absolute Gasteiger partial charge is 0.264 e. The molecule has 1 aliphatic heterocycles. The molecule has 0 saturated carbocycles. The summed E-state index contributed by atoms with van der Waals surface area (Å²) < 4.78 is 59.6. The molecule has 5 atom stereocenters. The molecule has 0 aromatic rings. The van der Waals surface area contributed by atoms with E-state index in [2.05, 4.69) is 27.7 Å². The van der Waals surface area contributed by atoms with Crippen molar-refractivity contribution in [3.8, 4) is 0 Å². The molecule has 0 aromatic heterocycles. The van der Waals surface area contributed by atoms with Crippen LogP contribution in [0.3, 0.4) is 0 Å². The Hall–Kier alpha value is -0.290. The van der Waals surface area contributed by atoms with E-state index in [1.807, 2.05) is 0 Å². The third-order valence-electron chi connectivity index (χ3n) is 5.53. The van der Waals surface area contributed by atoms with Crippen LogP contribution < -0.4 is 0 Å². The first-order valence-corrected chi connectivity index (χ1v) is 14.6. The van der Waals surface area contributed by atoms with Crippen LogP contribution in [-0.2, 0) is 38.0 Å². The Balaban J connectivity index is 3.13. The highest BCUT2D eigenvalue weighted by Gasteiger charge is 2.48. The van der Waals surface area contributed by atoms with Crippen molar-refractivity contribution >= 4 is 10.1 Å². The quantitative estimate of drug-likeness (QED) is 0.184. The molecule has 1 rings (SSSR count). The molecule has 0 spiro atoms. The van der Waals surface area contributed by atoms with Crippen LogP contribution >= 0.6 is 0 Å². The van der Waals surface area contributed by atoms with Gasteiger partial charge in [0.1, 0.15) is 30.5 Å². The van der Waals surface area contributed by atoms with Crippen LogP contribution in [0.1, 0.15) is 79.1 Å². The summed E-state index contributed by atoms with van der Waals surface area (Å²) in [6, 6.07) is 0. The highest BCUT2D eigenvalue weighted by molar-refractivity contribution is 7.85. The van der Waals surface area contributed by atoms with Crippen molar-refractivity contribution in [3.63, 3.8) is 0 Å². The zero-order chi connectivity index (χ0) is 24.5. The third kappa shape index (κ3) is 12.8. The molecule has 8 nitrogen and oxygen atoms in total. The molecule has 1 saturated heterocycles. The van der Waals surface area contributed by atoms with Gasteiger partial charge in [-0.25, -0.2) is 0 Å². The lowest BCUT2D eigenvalue weighted by Gasteiger charge is -2.46. The SMILES string of the molecule is CCCCOC[C@H]1O[C@H](COS(C)(=O)=O)[C@@H](OCCCC)[C@@H](OCCCC)[C@@H]1OCCCC. The van der Waals surface area contributed by atoms with Crippen molar-refractivity contribution in [2.24, 2.45) is 0 Å². The van der Waals surface area contributed by atoms with Gasteiger partial charge in [0.15, 0.2) is 0 Å². The predicted octanol–water partition coefficient (Wildman–Crippen LogP) is 4.10. The molecular weight excluding hydrogens is 448 g/mol. The molecule has 0 radical (unpaired) electrons. The van der Waals surface area contributed by atoms with Crippen molar-refractivity contribution < 1.29 is 36.3 Å². The number of rotatable bonds is 20. The van der Waals surface area contributed by atoms with Gasteiger partial charge in [-0.3, -0.25) is 4.18 Å². The van der Waals surface area contributed by atoms with Gasteiger partial charge in [-0.2, -0.15) is 8.42 Å². The summed E-state index contributed by atoms with van der Waals surface area (Å²) in [4.78, 5) is 0. The molecule has 0 N–H and O–H groups in total. The van der Waals surface area contributed by atoms with E-state index in [0.29, 0.717) is 33.0 Å². The minimum atomic E-state index is -3.62. The van der Waals surface area contributed by atoms with Gasteiger partial charge in [-0.15, -0.1) is 0 Å². The van der Waals surface area contributed by atoms with Crippen molar-refractivity contribution in [2.45, 2.75) is 110 Å². The molecule has 0 bridgehead atoms. The number of hydrogen-bond donors (Lipinski definition) is 0. The second-order valence-corrected chi connectivity index (χ2v) is 10.3. The lowest BCUT2D eigenvalue weighted by molar-refractivity contribution is -0.269. The largest absolute Gasteiger partial charge is 0.379 e. The van der Waals surface area contributed by atoms with Crippen molar-refractivity contribution in [1.82, 2.24) is 0 Å². The van der Waals surface area contributed by atoms with Crippen molar-refractivity contribution in [3.05, 3.63) is 0 Å². The Kier molecular flexibility index (Phi) is 16.8. The van der Waals surface area contributed by atoms with Gasteiger partial charge < -0.3 is 23.7 Å². The maximum absolute atomic E-state index is 11.7. The number of unbranched alkanes of at least 4 members (excludes halogenated alkanes) is 4. The lowest BCUT2D eigenvalue weighted by atomic mass is 9.94. The molecule has 0 amide bonds. The summed E-state index contributed by atoms with van der Waals surface area (Å²) in [6.45, 7) is 11.0. The van der Waals surface area contributed by atoms with Gasteiger partial charge in [-0.1, -0.05) is 53.4 Å². The second-order valence-electron chi connectivity index (χ2n) is 8.70. The third-order valence-corrected chi connectivity index (χ3v) is 6.09. The molecule has 1 aliphatic rings. The molecule has 0 aromatic carbocycles. The van der Waals surface area contributed by atoms with E-state index >= 15 is 0 Å². The van der Waals surface area contributed by atoms with E-state index in [0.717, 1.165) is 57.6 Å². The lowest BCUT2D eigenvalue weighted by Crippen LogP contribution is -2.62. The van der Waals surface area contributed by atoms with E-state index in [1.165, 1.54) is 0 Å². The summed E-state index contributed by atoms with van der Waals surface area (Å²) in [5.74, 6) is 0. The van der Waals surface area contributed by atoms with Gasteiger partial charge in [0.2, 0.25) is 0 Å². The Bertz CT molecular complexity index is 571. The van der Waals surface area contributed by atoms with Gasteiger partial charge in [-0.05, 0) is 25.7 Å². The summed E-state index contributed by atoms with van der Waals surface area (Å²) in [6.07, 6.45) is 6.56. The fraction of sp³-hybridized carbons (Fsp3) is 1.00. The molecule has 0 aliphatic carbocycles. The van der Waals surface area contributed by atoms with Crippen molar-refractivity contribution in [2.75, 3.05) is 45.9 Å². The minimum absolute atomic E-state index is 0.129.